The molecule has 1 aromatic carbocycles. The van der Waals surface area contributed by atoms with Crippen molar-refractivity contribution >= 4 is 21.4 Å². The van der Waals surface area contributed by atoms with Gasteiger partial charge in [0.05, 0.1) is 4.90 Å². The van der Waals surface area contributed by atoms with E-state index in [0.29, 0.717) is 13.0 Å². The Morgan fingerprint density at radius 1 is 1.13 bits per heavy atom. The molecule has 0 aliphatic carbocycles. The Morgan fingerprint density at radius 2 is 1.83 bits per heavy atom. The van der Waals surface area contributed by atoms with Crippen LogP contribution in [0.1, 0.15) is 10.4 Å². The van der Waals surface area contributed by atoms with E-state index in [9.17, 15) is 21.6 Å². The van der Waals surface area contributed by atoms with Crippen LogP contribution >= 0.6 is 11.3 Å². The van der Waals surface area contributed by atoms with Crippen molar-refractivity contribution in [3.8, 4) is 5.75 Å². The summed E-state index contributed by atoms with van der Waals surface area (Å²) in [5.74, 6) is -0.449. The predicted molar refractivity (Wildman–Crippen MR) is 78.7 cm³/mol. The maximum atomic E-state index is 12.6. The second-order valence-corrected chi connectivity index (χ2v) is 7.92. The Balaban J connectivity index is 1.80. The lowest BCUT2D eigenvalue weighted by molar-refractivity contribution is -0.274. The van der Waals surface area contributed by atoms with Crippen LogP contribution in [0.15, 0.2) is 40.6 Å². The first-order chi connectivity index (χ1) is 10.8. The lowest BCUT2D eigenvalue weighted by Gasteiger charge is -2.26. The van der Waals surface area contributed by atoms with Crippen molar-refractivity contribution < 1.29 is 26.3 Å². The lowest BCUT2D eigenvalue weighted by atomic mass is 10.1. The molecule has 1 aromatic heterocycles. The average Bonchev–Trinajstić information content (AvgIpc) is 2.93. The van der Waals surface area contributed by atoms with Gasteiger partial charge in [0.1, 0.15) is 5.75 Å². The van der Waals surface area contributed by atoms with Crippen molar-refractivity contribution in [2.45, 2.75) is 24.2 Å². The summed E-state index contributed by atoms with van der Waals surface area (Å²) in [5.41, 5.74) is 0.974. The summed E-state index contributed by atoms with van der Waals surface area (Å²) in [6.07, 6.45) is -4.16. The van der Waals surface area contributed by atoms with Crippen molar-refractivity contribution in [3.05, 3.63) is 46.2 Å². The molecule has 1 aliphatic rings. The highest BCUT2D eigenvalue weighted by molar-refractivity contribution is 7.89. The van der Waals surface area contributed by atoms with E-state index in [4.69, 9.17) is 0 Å². The first-order valence-electron chi connectivity index (χ1n) is 6.67. The second-order valence-electron chi connectivity index (χ2n) is 4.98. The van der Waals surface area contributed by atoms with Gasteiger partial charge in [0.25, 0.3) is 0 Å². The zero-order valence-corrected chi connectivity index (χ0v) is 13.3. The van der Waals surface area contributed by atoms with Crippen LogP contribution in [0.3, 0.4) is 0 Å². The van der Waals surface area contributed by atoms with Crippen LogP contribution in [0.4, 0.5) is 13.2 Å². The summed E-state index contributed by atoms with van der Waals surface area (Å²) < 4.78 is 66.6. The molecule has 2 heterocycles. The van der Waals surface area contributed by atoms with E-state index in [0.717, 1.165) is 29.8 Å². The summed E-state index contributed by atoms with van der Waals surface area (Å²) in [4.78, 5) is 1.12. The minimum atomic E-state index is -4.80. The number of ether oxygens (including phenoxy) is 1. The maximum absolute atomic E-state index is 12.6. The van der Waals surface area contributed by atoms with Crippen molar-refractivity contribution in [2.24, 2.45) is 0 Å². The minimum absolute atomic E-state index is 0.0503. The highest BCUT2D eigenvalue weighted by atomic mass is 32.2. The molecule has 0 radical (unpaired) electrons. The summed E-state index contributed by atoms with van der Waals surface area (Å²) in [6, 6.07) is 6.14. The summed E-state index contributed by atoms with van der Waals surface area (Å²) in [5, 5.41) is 1.92. The molecule has 0 saturated heterocycles. The van der Waals surface area contributed by atoms with Gasteiger partial charge in [-0.15, -0.1) is 24.5 Å². The third-order valence-electron chi connectivity index (χ3n) is 3.47. The Labute approximate surface area is 135 Å². The van der Waals surface area contributed by atoms with Gasteiger partial charge in [-0.2, -0.15) is 4.31 Å². The van der Waals surface area contributed by atoms with Gasteiger partial charge < -0.3 is 4.74 Å². The van der Waals surface area contributed by atoms with E-state index in [-0.39, 0.29) is 11.4 Å². The number of hydrogen-bond acceptors (Lipinski definition) is 4. The van der Waals surface area contributed by atoms with Gasteiger partial charge in [-0.25, -0.2) is 8.42 Å². The molecule has 23 heavy (non-hydrogen) atoms. The van der Waals surface area contributed by atoms with Crippen LogP contribution in [0.2, 0.25) is 0 Å². The second kappa shape index (κ2) is 5.81. The average molecular weight is 363 g/mol. The Morgan fingerprint density at radius 3 is 2.48 bits per heavy atom. The molecule has 0 N–H and O–H groups in total. The Bertz CT molecular complexity index is 797. The van der Waals surface area contributed by atoms with E-state index in [1.807, 2.05) is 11.4 Å². The molecule has 3 rings (SSSR count). The number of alkyl halides is 3. The molecule has 9 heteroatoms. The van der Waals surface area contributed by atoms with E-state index < -0.39 is 22.1 Å². The van der Waals surface area contributed by atoms with Gasteiger partial charge >= 0.3 is 6.36 Å². The molecule has 0 spiro atoms. The summed E-state index contributed by atoms with van der Waals surface area (Å²) in [7, 11) is -3.74. The van der Waals surface area contributed by atoms with E-state index in [1.165, 1.54) is 9.18 Å². The van der Waals surface area contributed by atoms with Crippen LogP contribution in [0, 0.1) is 0 Å². The van der Waals surface area contributed by atoms with Gasteiger partial charge in [-0.05, 0) is 47.7 Å². The highest BCUT2D eigenvalue weighted by Gasteiger charge is 2.32. The zero-order chi connectivity index (χ0) is 16.7. The van der Waals surface area contributed by atoms with Crippen molar-refractivity contribution in [1.82, 2.24) is 4.31 Å². The number of halogens is 3. The van der Waals surface area contributed by atoms with Gasteiger partial charge in [-0.1, -0.05) is 0 Å². The third-order valence-corrected chi connectivity index (χ3v) is 6.35. The molecule has 0 amide bonds. The molecule has 0 fully saturated rings. The van der Waals surface area contributed by atoms with Crippen LogP contribution < -0.4 is 4.74 Å². The van der Waals surface area contributed by atoms with E-state index >= 15 is 0 Å². The molecule has 0 saturated carbocycles. The SMILES string of the molecule is O=S(=O)(c1ccc(OC(F)(F)F)cc1)N1CCc2sccc2C1. The number of hydrogen-bond donors (Lipinski definition) is 0. The Kier molecular flexibility index (Phi) is 4.11. The molecular weight excluding hydrogens is 351 g/mol. The van der Waals surface area contributed by atoms with Gasteiger partial charge in [0.2, 0.25) is 10.0 Å². The fourth-order valence-electron chi connectivity index (χ4n) is 2.39. The number of benzene rings is 1. The van der Waals surface area contributed by atoms with E-state index in [1.54, 1.807) is 11.3 Å². The molecule has 4 nitrogen and oxygen atoms in total. The molecule has 0 unspecified atom stereocenters. The van der Waals surface area contributed by atoms with Crippen molar-refractivity contribution in [2.75, 3.05) is 6.54 Å². The van der Waals surface area contributed by atoms with Crippen LogP contribution in [-0.2, 0) is 23.0 Å². The summed E-state index contributed by atoms with van der Waals surface area (Å²) >= 11 is 1.60. The fraction of sp³-hybridized carbons (Fsp3) is 0.286. The van der Waals surface area contributed by atoms with Crippen LogP contribution in [0.25, 0.3) is 0 Å². The largest absolute Gasteiger partial charge is 0.573 e. The lowest BCUT2D eigenvalue weighted by Crippen LogP contribution is -2.35. The number of nitrogens with zero attached hydrogens (tertiary/aromatic N) is 1. The number of sulfonamides is 1. The minimum Gasteiger partial charge on any atom is -0.406 e. The highest BCUT2D eigenvalue weighted by Crippen LogP contribution is 2.29. The fourth-order valence-corrected chi connectivity index (χ4v) is 4.70. The molecular formula is C14H12F3NO3S2. The Hall–Kier alpha value is -1.58. The predicted octanol–water partition coefficient (Wildman–Crippen LogP) is 3.39. The zero-order valence-electron chi connectivity index (χ0n) is 11.7. The monoisotopic (exact) mass is 363 g/mol. The van der Waals surface area contributed by atoms with Crippen molar-refractivity contribution in [1.29, 1.82) is 0 Å². The maximum Gasteiger partial charge on any atom is 0.573 e. The number of fused-ring (bicyclic) bond motifs is 1. The van der Waals surface area contributed by atoms with Crippen LogP contribution in [0.5, 0.6) is 5.75 Å². The summed E-state index contributed by atoms with van der Waals surface area (Å²) in [6.45, 7) is 0.638. The molecule has 0 bridgehead atoms. The van der Waals surface area contributed by atoms with Gasteiger partial charge in [0, 0.05) is 18.0 Å². The standard InChI is InChI=1S/C14H12F3NO3S2/c15-14(16,17)21-11-1-3-12(4-2-11)23(19,20)18-7-5-13-10(9-18)6-8-22-13/h1-4,6,8H,5,7,9H2. The normalized spacial score (nSPS) is 16.1. The quantitative estimate of drug-likeness (QED) is 0.840. The van der Waals surface area contributed by atoms with Crippen molar-refractivity contribution in [3.63, 3.8) is 0 Å². The number of thiophene rings is 1. The van der Waals surface area contributed by atoms with E-state index in [2.05, 4.69) is 4.74 Å². The topological polar surface area (TPSA) is 46.6 Å². The first kappa shape index (κ1) is 16.3. The number of rotatable bonds is 3. The third kappa shape index (κ3) is 3.51. The van der Waals surface area contributed by atoms with Crippen LogP contribution in [-0.4, -0.2) is 25.6 Å². The smallest absolute Gasteiger partial charge is 0.406 e. The molecule has 2 aromatic rings. The van der Waals surface area contributed by atoms with Gasteiger partial charge in [0.15, 0.2) is 0 Å². The van der Waals surface area contributed by atoms with Gasteiger partial charge in [-0.3, -0.25) is 0 Å². The molecule has 1 aliphatic heterocycles. The first-order valence-corrected chi connectivity index (χ1v) is 8.99. The molecule has 0 atom stereocenters. The molecule has 124 valence electrons.